The molecule has 1 heterocycles. The van der Waals surface area contributed by atoms with Crippen molar-refractivity contribution in [2.75, 3.05) is 31.5 Å². The van der Waals surface area contributed by atoms with Gasteiger partial charge in [-0.15, -0.1) is 0 Å². The average molecular weight is 450 g/mol. The van der Waals surface area contributed by atoms with Crippen LogP contribution in [-0.4, -0.2) is 48.7 Å². The number of carbonyl (C=O) groups excluding carboxylic acids is 3. The van der Waals surface area contributed by atoms with E-state index in [1.165, 1.54) is 32.9 Å². The smallest absolute Gasteiger partial charge is 0.228 e. The summed E-state index contributed by atoms with van der Waals surface area (Å²) < 4.78 is 0. The highest BCUT2D eigenvalue weighted by Gasteiger charge is 2.69. The van der Waals surface area contributed by atoms with Crippen molar-refractivity contribution in [3.05, 3.63) is 42.0 Å². The van der Waals surface area contributed by atoms with Crippen LogP contribution in [0.3, 0.4) is 0 Å². The maximum absolute atomic E-state index is 13.4. The number of nitrogens with one attached hydrogen (secondary N) is 2. The van der Waals surface area contributed by atoms with Crippen molar-refractivity contribution in [1.82, 2.24) is 10.2 Å². The molecule has 4 atom stereocenters. The van der Waals surface area contributed by atoms with E-state index in [-0.39, 0.29) is 46.7 Å². The molecule has 4 aliphatic rings. The van der Waals surface area contributed by atoms with Crippen LogP contribution in [0.15, 0.2) is 36.4 Å². The lowest BCUT2D eigenvalue weighted by Gasteiger charge is -2.26. The Hall–Kier alpha value is -2.47. The molecular formula is C27H35N3O3. The molecule has 0 aromatic heterocycles. The Kier molecular flexibility index (Phi) is 6.12. The Labute approximate surface area is 196 Å². The lowest BCUT2D eigenvalue weighted by Crippen LogP contribution is -2.42. The number of ketones is 1. The quantitative estimate of drug-likeness (QED) is 0.343. The maximum atomic E-state index is 13.4. The van der Waals surface area contributed by atoms with Gasteiger partial charge in [0.25, 0.3) is 0 Å². The summed E-state index contributed by atoms with van der Waals surface area (Å²) in [5, 5.41) is 6.18. The number of hydrogen-bond donors (Lipinski definition) is 2. The number of allylic oxidation sites excluding steroid dienone is 2. The summed E-state index contributed by atoms with van der Waals surface area (Å²) in [6.45, 7) is 5.74. The number of unbranched alkanes of at least 4 members (excludes halogenated alkanes) is 1. The van der Waals surface area contributed by atoms with Gasteiger partial charge in [0.05, 0.1) is 11.8 Å². The average Bonchev–Trinajstić information content (AvgIpc) is 3.16. The summed E-state index contributed by atoms with van der Waals surface area (Å²) in [5.41, 5.74) is 1.41. The normalized spacial score (nSPS) is 28.9. The molecule has 1 aromatic rings. The lowest BCUT2D eigenvalue weighted by molar-refractivity contribution is -0.132. The molecule has 1 spiro atoms. The first-order valence-corrected chi connectivity index (χ1v) is 12.6. The number of hydrogen-bond acceptors (Lipinski definition) is 4. The summed E-state index contributed by atoms with van der Waals surface area (Å²) in [5.74, 6) is -0.363. The minimum Gasteiger partial charge on any atom is -0.356 e. The molecule has 0 unspecified atom stereocenters. The monoisotopic (exact) mass is 449 g/mol. The molecule has 3 fully saturated rings. The zero-order valence-corrected chi connectivity index (χ0v) is 19.5. The van der Waals surface area contributed by atoms with E-state index in [4.69, 9.17) is 0 Å². The van der Waals surface area contributed by atoms with Crippen LogP contribution in [0.5, 0.6) is 0 Å². The molecule has 0 radical (unpaired) electrons. The minimum atomic E-state index is -0.334. The maximum Gasteiger partial charge on any atom is 0.228 e. The highest BCUT2D eigenvalue weighted by atomic mass is 16.2. The van der Waals surface area contributed by atoms with Crippen LogP contribution >= 0.6 is 0 Å². The van der Waals surface area contributed by atoms with Crippen molar-refractivity contribution in [2.45, 2.75) is 45.4 Å². The molecule has 3 aliphatic carbocycles. The lowest BCUT2D eigenvalue weighted by atomic mass is 9.81. The Morgan fingerprint density at radius 3 is 2.18 bits per heavy atom. The highest BCUT2D eigenvalue weighted by Crippen LogP contribution is 2.72. The zero-order valence-electron chi connectivity index (χ0n) is 19.5. The SMILES string of the molecule is CC(=O)c1ccc(NC(=O)[C@H]2[C@H](C(=O)NCCCCN3CCCC3)[C@H]3C=C[C@@H]2C32CC2)cc1. The summed E-state index contributed by atoms with van der Waals surface area (Å²) in [6.07, 6.45) is 11.3. The number of benzene rings is 1. The van der Waals surface area contributed by atoms with Crippen molar-refractivity contribution in [3.8, 4) is 0 Å². The largest absolute Gasteiger partial charge is 0.356 e. The number of anilines is 1. The molecule has 6 heteroatoms. The van der Waals surface area contributed by atoms with Crippen molar-refractivity contribution in [1.29, 1.82) is 0 Å². The molecule has 1 aromatic carbocycles. The molecule has 2 saturated carbocycles. The zero-order chi connectivity index (χ0) is 23.0. The Morgan fingerprint density at radius 2 is 1.58 bits per heavy atom. The number of carbonyl (C=O) groups is 3. The fourth-order valence-corrected chi connectivity index (χ4v) is 6.52. The van der Waals surface area contributed by atoms with E-state index in [1.54, 1.807) is 24.3 Å². The van der Waals surface area contributed by atoms with Gasteiger partial charge >= 0.3 is 0 Å². The van der Waals surface area contributed by atoms with Crippen LogP contribution in [0.25, 0.3) is 0 Å². The standard InChI is InChI=1S/C27H35N3O3/c1-18(31)19-6-8-20(9-7-19)29-26(33)24-22-11-10-21(27(22)12-13-27)23(24)25(32)28-14-2-3-15-30-16-4-5-17-30/h6-11,21-24H,2-5,12-17H2,1H3,(H,28,32)(H,29,33)/t21-,22+,23-,24-/m1/s1. The number of nitrogens with zero attached hydrogens (tertiary/aromatic N) is 1. The van der Waals surface area contributed by atoms with Crippen LogP contribution in [-0.2, 0) is 9.59 Å². The Bertz CT molecular complexity index is 944. The van der Waals surface area contributed by atoms with Crippen LogP contribution in [0, 0.1) is 29.1 Å². The van der Waals surface area contributed by atoms with Gasteiger partial charge in [0.2, 0.25) is 11.8 Å². The van der Waals surface area contributed by atoms with Gasteiger partial charge in [0.1, 0.15) is 0 Å². The van der Waals surface area contributed by atoms with Gasteiger partial charge in [-0.2, -0.15) is 0 Å². The molecule has 2 N–H and O–H groups in total. The predicted molar refractivity (Wildman–Crippen MR) is 128 cm³/mol. The third kappa shape index (κ3) is 4.25. The van der Waals surface area contributed by atoms with Crippen molar-refractivity contribution < 1.29 is 14.4 Å². The fourth-order valence-electron chi connectivity index (χ4n) is 6.52. The Morgan fingerprint density at radius 1 is 0.939 bits per heavy atom. The molecule has 2 amide bonds. The molecule has 33 heavy (non-hydrogen) atoms. The topological polar surface area (TPSA) is 78.5 Å². The molecule has 176 valence electrons. The van der Waals surface area contributed by atoms with Crippen LogP contribution < -0.4 is 10.6 Å². The van der Waals surface area contributed by atoms with Gasteiger partial charge in [-0.3, -0.25) is 14.4 Å². The van der Waals surface area contributed by atoms with Crippen molar-refractivity contribution in [2.24, 2.45) is 29.1 Å². The van der Waals surface area contributed by atoms with Crippen LogP contribution in [0.4, 0.5) is 5.69 Å². The van der Waals surface area contributed by atoms with E-state index in [9.17, 15) is 14.4 Å². The number of rotatable bonds is 9. The van der Waals surface area contributed by atoms with E-state index in [2.05, 4.69) is 27.7 Å². The van der Waals surface area contributed by atoms with Gasteiger partial charge in [-0.05, 0) is 107 Å². The van der Waals surface area contributed by atoms with Crippen molar-refractivity contribution in [3.63, 3.8) is 0 Å². The van der Waals surface area contributed by atoms with Crippen LogP contribution in [0.1, 0.15) is 55.8 Å². The van der Waals surface area contributed by atoms with E-state index < -0.39 is 0 Å². The van der Waals surface area contributed by atoms with Crippen LogP contribution in [0.2, 0.25) is 0 Å². The first kappa shape index (κ1) is 22.3. The van der Waals surface area contributed by atoms with Gasteiger partial charge in [-0.25, -0.2) is 0 Å². The molecule has 1 saturated heterocycles. The third-order valence-electron chi connectivity index (χ3n) is 8.41. The predicted octanol–water partition coefficient (Wildman–Crippen LogP) is 3.65. The first-order chi connectivity index (χ1) is 16.0. The number of likely N-dealkylation sites (tertiary alicyclic amines) is 1. The van der Waals surface area contributed by atoms with E-state index >= 15 is 0 Å². The molecule has 1 aliphatic heterocycles. The van der Waals surface area contributed by atoms with Gasteiger partial charge in [0, 0.05) is 17.8 Å². The second kappa shape index (κ2) is 9.05. The van der Waals surface area contributed by atoms with E-state index in [0.29, 0.717) is 17.8 Å². The van der Waals surface area contributed by atoms with Crippen molar-refractivity contribution >= 4 is 23.3 Å². The van der Waals surface area contributed by atoms with Gasteiger partial charge in [0.15, 0.2) is 5.78 Å². The van der Waals surface area contributed by atoms with E-state index in [1.807, 2.05) is 0 Å². The summed E-state index contributed by atoms with van der Waals surface area (Å²) in [4.78, 5) is 40.7. The second-order valence-electron chi connectivity index (χ2n) is 10.4. The number of amides is 2. The summed E-state index contributed by atoms with van der Waals surface area (Å²) in [6, 6.07) is 6.99. The molecule has 6 nitrogen and oxygen atoms in total. The van der Waals surface area contributed by atoms with Gasteiger partial charge in [-0.1, -0.05) is 12.2 Å². The van der Waals surface area contributed by atoms with Gasteiger partial charge < -0.3 is 15.5 Å². The highest BCUT2D eigenvalue weighted by molar-refractivity contribution is 5.99. The Balaban J connectivity index is 1.21. The summed E-state index contributed by atoms with van der Waals surface area (Å²) >= 11 is 0. The molecular weight excluding hydrogens is 414 g/mol. The minimum absolute atomic E-state index is 0.000966. The molecule has 5 rings (SSSR count). The number of Topliss-reactive ketones (excluding diaryl/α,β-unsaturated/α-hetero) is 1. The third-order valence-corrected chi connectivity index (χ3v) is 8.41. The fraction of sp³-hybridized carbons (Fsp3) is 0.593. The first-order valence-electron chi connectivity index (χ1n) is 12.6. The molecule has 2 bridgehead atoms. The summed E-state index contributed by atoms with van der Waals surface area (Å²) in [7, 11) is 0. The van der Waals surface area contributed by atoms with E-state index in [0.717, 1.165) is 32.2 Å². The second-order valence-corrected chi connectivity index (χ2v) is 10.4.